The Labute approximate surface area is 145 Å². The summed E-state index contributed by atoms with van der Waals surface area (Å²) in [5, 5.41) is 3.49. The highest BCUT2D eigenvalue weighted by molar-refractivity contribution is 7.92. The molecule has 2 heterocycles. The van der Waals surface area contributed by atoms with Crippen molar-refractivity contribution in [1.29, 1.82) is 0 Å². The minimum Gasteiger partial charge on any atom is -0.459 e. The predicted octanol–water partition coefficient (Wildman–Crippen LogP) is 2.02. The summed E-state index contributed by atoms with van der Waals surface area (Å²) in [4.78, 5) is 16.2. The number of carbonyl (C=O) groups excluding carboxylic acids is 1. The fourth-order valence-corrected chi connectivity index (χ4v) is 3.45. The fourth-order valence-electron chi connectivity index (χ4n) is 2.52. The molecule has 0 saturated heterocycles. The zero-order valence-electron chi connectivity index (χ0n) is 13.5. The van der Waals surface area contributed by atoms with Crippen LogP contribution >= 0.6 is 0 Å². The van der Waals surface area contributed by atoms with Crippen molar-refractivity contribution in [3.63, 3.8) is 0 Å². The second kappa shape index (κ2) is 6.94. The van der Waals surface area contributed by atoms with Crippen molar-refractivity contribution < 1.29 is 17.6 Å². The van der Waals surface area contributed by atoms with Crippen LogP contribution in [-0.2, 0) is 10.0 Å². The highest BCUT2D eigenvalue weighted by Crippen LogP contribution is 2.26. The van der Waals surface area contributed by atoms with Gasteiger partial charge in [0.15, 0.2) is 5.76 Å². The van der Waals surface area contributed by atoms with Crippen LogP contribution in [0.1, 0.15) is 10.6 Å². The molecule has 25 heavy (non-hydrogen) atoms. The number of rotatable bonds is 6. The minimum atomic E-state index is -3.54. The molecule has 0 unspecified atom stereocenters. The molecule has 0 saturated carbocycles. The standard InChI is InChI=1S/C17H17N3O4S/c1-25(22,23)20(11-10-19-17(21)15-8-4-12-24-15)14-7-2-5-13-6-3-9-18-16(13)14/h2-9,12H,10-11H2,1H3,(H,19,21). The molecule has 8 heteroatoms. The number of nitrogens with zero attached hydrogens (tertiary/aromatic N) is 2. The number of hydrogen-bond donors (Lipinski definition) is 1. The van der Waals surface area contributed by atoms with E-state index in [1.165, 1.54) is 16.6 Å². The van der Waals surface area contributed by atoms with Gasteiger partial charge in [0.2, 0.25) is 10.0 Å². The lowest BCUT2D eigenvalue weighted by molar-refractivity contribution is 0.0927. The highest BCUT2D eigenvalue weighted by Gasteiger charge is 2.20. The van der Waals surface area contributed by atoms with Gasteiger partial charge in [-0.3, -0.25) is 14.1 Å². The molecule has 0 fully saturated rings. The molecule has 0 atom stereocenters. The zero-order valence-corrected chi connectivity index (χ0v) is 14.4. The van der Waals surface area contributed by atoms with Crippen molar-refractivity contribution in [1.82, 2.24) is 10.3 Å². The largest absolute Gasteiger partial charge is 0.459 e. The van der Waals surface area contributed by atoms with E-state index < -0.39 is 15.9 Å². The number of furan rings is 1. The number of fused-ring (bicyclic) bond motifs is 1. The maximum absolute atomic E-state index is 12.2. The van der Waals surface area contributed by atoms with Gasteiger partial charge in [-0.05, 0) is 24.3 Å². The van der Waals surface area contributed by atoms with Crippen LogP contribution in [0.2, 0.25) is 0 Å². The normalized spacial score (nSPS) is 11.4. The van der Waals surface area contributed by atoms with Gasteiger partial charge in [0.05, 0.1) is 30.3 Å². The van der Waals surface area contributed by atoms with Crippen LogP contribution in [0.25, 0.3) is 10.9 Å². The number of aromatic nitrogens is 1. The maximum Gasteiger partial charge on any atom is 0.287 e. The Balaban J connectivity index is 1.82. The van der Waals surface area contributed by atoms with Gasteiger partial charge < -0.3 is 9.73 Å². The Kier molecular flexibility index (Phi) is 4.71. The van der Waals surface area contributed by atoms with Crippen LogP contribution in [0.4, 0.5) is 5.69 Å². The maximum atomic E-state index is 12.2. The van der Waals surface area contributed by atoms with Crippen molar-refractivity contribution in [3.8, 4) is 0 Å². The molecule has 0 bridgehead atoms. The van der Waals surface area contributed by atoms with E-state index in [0.717, 1.165) is 11.6 Å². The third kappa shape index (κ3) is 3.80. The van der Waals surface area contributed by atoms with Gasteiger partial charge in [-0.1, -0.05) is 18.2 Å². The van der Waals surface area contributed by atoms with Gasteiger partial charge >= 0.3 is 0 Å². The van der Waals surface area contributed by atoms with E-state index in [-0.39, 0.29) is 18.8 Å². The van der Waals surface area contributed by atoms with E-state index in [4.69, 9.17) is 4.42 Å². The van der Waals surface area contributed by atoms with Crippen LogP contribution in [0.15, 0.2) is 59.3 Å². The third-order valence-corrected chi connectivity index (χ3v) is 4.81. The first-order valence-electron chi connectivity index (χ1n) is 7.60. The average molecular weight is 359 g/mol. The number of nitrogens with one attached hydrogen (secondary N) is 1. The number of sulfonamides is 1. The fraction of sp³-hybridized carbons (Fsp3) is 0.176. The molecule has 1 aromatic carbocycles. The molecule has 0 aliphatic carbocycles. The zero-order chi connectivity index (χ0) is 17.9. The number of carbonyl (C=O) groups is 1. The minimum absolute atomic E-state index is 0.0843. The SMILES string of the molecule is CS(=O)(=O)N(CCNC(=O)c1ccco1)c1cccc2cccnc12. The number of benzene rings is 1. The summed E-state index contributed by atoms with van der Waals surface area (Å²) >= 11 is 0. The number of anilines is 1. The smallest absolute Gasteiger partial charge is 0.287 e. The van der Waals surface area contributed by atoms with E-state index in [1.807, 2.05) is 12.1 Å². The van der Waals surface area contributed by atoms with Gasteiger partial charge in [-0.2, -0.15) is 0 Å². The Morgan fingerprint density at radius 1 is 1.20 bits per heavy atom. The number of para-hydroxylation sites is 1. The van der Waals surface area contributed by atoms with Crippen molar-refractivity contribution in [2.75, 3.05) is 23.7 Å². The summed E-state index contributed by atoms with van der Waals surface area (Å²) in [5.41, 5.74) is 1.07. The first-order chi connectivity index (χ1) is 12.0. The van der Waals surface area contributed by atoms with Gasteiger partial charge in [-0.15, -0.1) is 0 Å². The molecular weight excluding hydrogens is 342 g/mol. The van der Waals surface area contributed by atoms with Crippen LogP contribution in [0.3, 0.4) is 0 Å². The van der Waals surface area contributed by atoms with Gasteiger partial charge in [0, 0.05) is 18.1 Å². The first kappa shape index (κ1) is 17.0. The highest BCUT2D eigenvalue weighted by atomic mass is 32.2. The van der Waals surface area contributed by atoms with Crippen LogP contribution in [0.5, 0.6) is 0 Å². The third-order valence-electron chi connectivity index (χ3n) is 3.63. The van der Waals surface area contributed by atoms with E-state index in [1.54, 1.807) is 30.5 Å². The number of hydrogen-bond acceptors (Lipinski definition) is 5. The average Bonchev–Trinajstić information content (AvgIpc) is 3.12. The Morgan fingerprint density at radius 2 is 2.00 bits per heavy atom. The lowest BCUT2D eigenvalue weighted by Gasteiger charge is -2.23. The lowest BCUT2D eigenvalue weighted by atomic mass is 10.2. The van der Waals surface area contributed by atoms with E-state index >= 15 is 0 Å². The van der Waals surface area contributed by atoms with E-state index in [2.05, 4.69) is 10.3 Å². The molecule has 0 aliphatic rings. The molecule has 2 aromatic heterocycles. The van der Waals surface area contributed by atoms with Crippen molar-refractivity contribution in [2.45, 2.75) is 0 Å². The molecule has 0 radical (unpaired) electrons. The molecule has 7 nitrogen and oxygen atoms in total. The molecule has 3 rings (SSSR count). The van der Waals surface area contributed by atoms with Gasteiger partial charge in [0.1, 0.15) is 0 Å². The monoisotopic (exact) mass is 359 g/mol. The predicted molar refractivity (Wildman–Crippen MR) is 95.0 cm³/mol. The summed E-state index contributed by atoms with van der Waals surface area (Å²) in [6, 6.07) is 12.2. The van der Waals surface area contributed by atoms with Gasteiger partial charge in [0.25, 0.3) is 5.91 Å². The molecular formula is C17H17N3O4S. The van der Waals surface area contributed by atoms with Gasteiger partial charge in [-0.25, -0.2) is 8.42 Å². The topological polar surface area (TPSA) is 92.5 Å². The van der Waals surface area contributed by atoms with Crippen molar-refractivity contribution >= 4 is 32.5 Å². The number of amides is 1. The second-order valence-corrected chi connectivity index (χ2v) is 7.33. The first-order valence-corrected chi connectivity index (χ1v) is 9.45. The molecule has 0 spiro atoms. The Hall–Kier alpha value is -2.87. The summed E-state index contributed by atoms with van der Waals surface area (Å²) in [5.74, 6) is -0.216. The van der Waals surface area contributed by atoms with Crippen LogP contribution in [-0.4, -0.2) is 38.7 Å². The summed E-state index contributed by atoms with van der Waals surface area (Å²) in [7, 11) is -3.54. The molecule has 1 N–H and O–H groups in total. The summed E-state index contributed by atoms with van der Waals surface area (Å²) < 4.78 is 30.7. The van der Waals surface area contributed by atoms with Crippen molar-refractivity contribution in [3.05, 3.63) is 60.7 Å². The second-order valence-electron chi connectivity index (χ2n) is 5.42. The van der Waals surface area contributed by atoms with Crippen LogP contribution < -0.4 is 9.62 Å². The Bertz CT molecular complexity index is 979. The quantitative estimate of drug-likeness (QED) is 0.727. The van der Waals surface area contributed by atoms with E-state index in [0.29, 0.717) is 11.2 Å². The molecule has 1 amide bonds. The number of pyridine rings is 1. The Morgan fingerprint density at radius 3 is 2.72 bits per heavy atom. The summed E-state index contributed by atoms with van der Waals surface area (Å²) in [6.45, 7) is 0.219. The summed E-state index contributed by atoms with van der Waals surface area (Å²) in [6.07, 6.45) is 4.15. The molecule has 130 valence electrons. The lowest BCUT2D eigenvalue weighted by Crippen LogP contribution is -2.38. The van der Waals surface area contributed by atoms with E-state index in [9.17, 15) is 13.2 Å². The van der Waals surface area contributed by atoms with Crippen LogP contribution in [0, 0.1) is 0 Å². The molecule has 3 aromatic rings. The van der Waals surface area contributed by atoms with Crippen molar-refractivity contribution in [2.24, 2.45) is 0 Å². The molecule has 0 aliphatic heterocycles.